The highest BCUT2D eigenvalue weighted by Crippen LogP contribution is 2.33. The van der Waals surface area contributed by atoms with Gasteiger partial charge in [0.15, 0.2) is 5.13 Å². The molecular formula is C25H20N4O2S. The van der Waals surface area contributed by atoms with Crippen molar-refractivity contribution in [2.75, 3.05) is 4.90 Å². The SMILES string of the molecule is CCc1ccc(N(C(=O)Cn2cnc3ccccc3c2=O)c2nc3ccccc3s2)cc1. The minimum absolute atomic E-state index is 0.137. The number of aryl methyl sites for hydroxylation is 1. The molecule has 3 aromatic carbocycles. The number of thiazole rings is 1. The molecule has 5 aromatic rings. The molecule has 0 aliphatic heterocycles. The van der Waals surface area contributed by atoms with Gasteiger partial charge in [0.1, 0.15) is 6.54 Å². The molecule has 0 aliphatic carbocycles. The van der Waals surface area contributed by atoms with Gasteiger partial charge in [-0.1, -0.05) is 54.7 Å². The fourth-order valence-corrected chi connectivity index (χ4v) is 4.64. The summed E-state index contributed by atoms with van der Waals surface area (Å²) in [6.45, 7) is 1.95. The Kier molecular flexibility index (Phi) is 5.25. The number of hydrogen-bond donors (Lipinski definition) is 0. The number of hydrogen-bond acceptors (Lipinski definition) is 5. The maximum Gasteiger partial charge on any atom is 0.261 e. The lowest BCUT2D eigenvalue weighted by molar-refractivity contribution is -0.118. The zero-order valence-electron chi connectivity index (χ0n) is 17.4. The van der Waals surface area contributed by atoms with E-state index in [4.69, 9.17) is 0 Å². The van der Waals surface area contributed by atoms with Gasteiger partial charge in [0, 0.05) is 0 Å². The summed E-state index contributed by atoms with van der Waals surface area (Å²) in [5.41, 5.74) is 3.10. The van der Waals surface area contributed by atoms with E-state index in [-0.39, 0.29) is 18.0 Å². The molecule has 2 aromatic heterocycles. The van der Waals surface area contributed by atoms with Crippen LogP contribution in [-0.2, 0) is 17.8 Å². The zero-order chi connectivity index (χ0) is 22.1. The van der Waals surface area contributed by atoms with Crippen LogP contribution >= 0.6 is 11.3 Å². The van der Waals surface area contributed by atoms with Gasteiger partial charge >= 0.3 is 0 Å². The number of carbonyl (C=O) groups excluding carboxylic acids is 1. The van der Waals surface area contributed by atoms with Crippen LogP contribution in [0.1, 0.15) is 12.5 Å². The Morgan fingerprint density at radius 1 is 0.969 bits per heavy atom. The van der Waals surface area contributed by atoms with Crippen LogP contribution in [0, 0.1) is 0 Å². The minimum atomic E-state index is -0.257. The highest BCUT2D eigenvalue weighted by Gasteiger charge is 2.23. The summed E-state index contributed by atoms with van der Waals surface area (Å²) in [6.07, 6.45) is 2.34. The second kappa shape index (κ2) is 8.36. The lowest BCUT2D eigenvalue weighted by atomic mass is 10.1. The van der Waals surface area contributed by atoms with E-state index in [1.165, 1.54) is 27.8 Å². The van der Waals surface area contributed by atoms with Crippen LogP contribution in [0.15, 0.2) is 83.9 Å². The van der Waals surface area contributed by atoms with E-state index in [2.05, 4.69) is 16.9 Å². The molecule has 6 nitrogen and oxygen atoms in total. The Bertz CT molecular complexity index is 1450. The average Bonchev–Trinajstić information content (AvgIpc) is 3.25. The number of amides is 1. The van der Waals surface area contributed by atoms with Crippen LogP contribution in [0.25, 0.3) is 21.1 Å². The first-order valence-corrected chi connectivity index (χ1v) is 11.2. The van der Waals surface area contributed by atoms with Crippen LogP contribution < -0.4 is 10.5 Å². The van der Waals surface area contributed by atoms with E-state index >= 15 is 0 Å². The summed E-state index contributed by atoms with van der Waals surface area (Å²) in [6, 6.07) is 22.8. The third kappa shape index (κ3) is 3.67. The molecule has 1 amide bonds. The molecule has 0 unspecified atom stereocenters. The number of benzene rings is 3. The van der Waals surface area contributed by atoms with Crippen LogP contribution in [0.5, 0.6) is 0 Å². The summed E-state index contributed by atoms with van der Waals surface area (Å²) in [5.74, 6) is -0.257. The average molecular weight is 441 g/mol. The summed E-state index contributed by atoms with van der Waals surface area (Å²) >= 11 is 1.45. The zero-order valence-corrected chi connectivity index (χ0v) is 18.2. The fraction of sp³-hybridized carbons (Fsp3) is 0.120. The molecule has 0 atom stereocenters. The highest BCUT2D eigenvalue weighted by molar-refractivity contribution is 7.22. The number of rotatable bonds is 5. The van der Waals surface area contributed by atoms with Gasteiger partial charge in [0.05, 0.1) is 33.1 Å². The standard InChI is InChI=1S/C25H20N4O2S/c1-2-17-11-13-18(14-12-17)29(25-27-21-9-5-6-10-22(21)32-25)23(30)15-28-16-26-20-8-4-3-7-19(20)24(28)31/h3-14,16H,2,15H2,1H3. The van der Waals surface area contributed by atoms with Crippen molar-refractivity contribution >= 4 is 49.2 Å². The van der Waals surface area contributed by atoms with E-state index in [9.17, 15) is 9.59 Å². The fourth-order valence-electron chi connectivity index (χ4n) is 3.63. The minimum Gasteiger partial charge on any atom is -0.289 e. The first kappa shape index (κ1) is 20.1. The summed E-state index contributed by atoms with van der Waals surface area (Å²) < 4.78 is 2.35. The van der Waals surface area contributed by atoms with Gasteiger partial charge in [-0.3, -0.25) is 19.1 Å². The molecule has 32 heavy (non-hydrogen) atoms. The molecule has 0 aliphatic rings. The lowest BCUT2D eigenvalue weighted by Gasteiger charge is -2.21. The van der Waals surface area contributed by atoms with E-state index in [1.807, 2.05) is 54.6 Å². The Morgan fingerprint density at radius 3 is 2.44 bits per heavy atom. The topological polar surface area (TPSA) is 68.1 Å². The van der Waals surface area contributed by atoms with Gasteiger partial charge in [-0.05, 0) is 48.4 Å². The normalized spacial score (nSPS) is 11.2. The third-order valence-electron chi connectivity index (χ3n) is 5.36. The van der Waals surface area contributed by atoms with Gasteiger partial charge in [-0.15, -0.1) is 0 Å². The van der Waals surface area contributed by atoms with Crippen LogP contribution in [0.4, 0.5) is 10.8 Å². The number of fused-ring (bicyclic) bond motifs is 2. The number of para-hydroxylation sites is 2. The van der Waals surface area contributed by atoms with E-state index in [0.29, 0.717) is 21.7 Å². The van der Waals surface area contributed by atoms with Crippen LogP contribution in [0.2, 0.25) is 0 Å². The van der Waals surface area contributed by atoms with Crippen molar-refractivity contribution in [1.29, 1.82) is 0 Å². The van der Waals surface area contributed by atoms with E-state index in [0.717, 1.165) is 16.6 Å². The summed E-state index contributed by atoms with van der Waals surface area (Å²) in [7, 11) is 0. The van der Waals surface area contributed by atoms with Crippen molar-refractivity contribution in [3.63, 3.8) is 0 Å². The molecule has 0 spiro atoms. The first-order chi connectivity index (χ1) is 15.6. The second-order valence-corrected chi connectivity index (χ2v) is 8.42. The second-order valence-electron chi connectivity index (χ2n) is 7.41. The van der Waals surface area contributed by atoms with Crippen molar-refractivity contribution in [2.45, 2.75) is 19.9 Å². The molecule has 0 fully saturated rings. The molecule has 0 N–H and O–H groups in total. The van der Waals surface area contributed by atoms with Gasteiger partial charge in [0.2, 0.25) is 0 Å². The first-order valence-electron chi connectivity index (χ1n) is 10.4. The molecule has 0 saturated heterocycles. The number of nitrogens with zero attached hydrogens (tertiary/aromatic N) is 4. The van der Waals surface area contributed by atoms with Crippen LogP contribution in [0.3, 0.4) is 0 Å². The number of aromatic nitrogens is 3. The van der Waals surface area contributed by atoms with Gasteiger partial charge < -0.3 is 0 Å². The highest BCUT2D eigenvalue weighted by atomic mass is 32.1. The predicted molar refractivity (Wildman–Crippen MR) is 129 cm³/mol. The van der Waals surface area contributed by atoms with E-state index in [1.54, 1.807) is 23.1 Å². The summed E-state index contributed by atoms with van der Waals surface area (Å²) in [5, 5.41) is 1.06. The molecule has 0 radical (unpaired) electrons. The maximum atomic E-state index is 13.5. The maximum absolute atomic E-state index is 13.5. The van der Waals surface area contributed by atoms with Gasteiger partial charge in [-0.2, -0.15) is 0 Å². The Hall–Kier alpha value is -3.84. The van der Waals surface area contributed by atoms with Gasteiger partial charge in [-0.25, -0.2) is 9.97 Å². The molecule has 158 valence electrons. The molecule has 0 saturated carbocycles. The van der Waals surface area contributed by atoms with Gasteiger partial charge in [0.25, 0.3) is 11.5 Å². The number of anilines is 2. The molecule has 0 bridgehead atoms. The van der Waals surface area contributed by atoms with Crippen molar-refractivity contribution < 1.29 is 4.79 Å². The largest absolute Gasteiger partial charge is 0.289 e. The lowest BCUT2D eigenvalue weighted by Crippen LogP contribution is -2.33. The molecule has 7 heteroatoms. The summed E-state index contributed by atoms with van der Waals surface area (Å²) in [4.78, 5) is 37.1. The quantitative estimate of drug-likeness (QED) is 0.388. The van der Waals surface area contributed by atoms with Crippen molar-refractivity contribution in [2.24, 2.45) is 0 Å². The van der Waals surface area contributed by atoms with Crippen molar-refractivity contribution in [1.82, 2.24) is 14.5 Å². The Balaban J connectivity index is 1.57. The van der Waals surface area contributed by atoms with E-state index < -0.39 is 0 Å². The molecule has 2 heterocycles. The Morgan fingerprint density at radius 2 is 1.69 bits per heavy atom. The monoisotopic (exact) mass is 440 g/mol. The molecule has 5 rings (SSSR count). The predicted octanol–water partition coefficient (Wildman–Crippen LogP) is 4.93. The smallest absolute Gasteiger partial charge is 0.261 e. The third-order valence-corrected chi connectivity index (χ3v) is 6.38. The van der Waals surface area contributed by atoms with Crippen molar-refractivity contribution in [3.05, 3.63) is 95.0 Å². The van der Waals surface area contributed by atoms with Crippen LogP contribution in [-0.4, -0.2) is 20.4 Å². The van der Waals surface area contributed by atoms with Crippen molar-refractivity contribution in [3.8, 4) is 0 Å². The Labute approximate surface area is 188 Å². The number of carbonyl (C=O) groups is 1. The molecular weight excluding hydrogens is 420 g/mol.